The Morgan fingerprint density at radius 1 is 1.09 bits per heavy atom. The van der Waals surface area contributed by atoms with Gasteiger partial charge in [-0.25, -0.2) is 0 Å². The largest absolute Gasteiger partial charge is 0.416 e. The van der Waals surface area contributed by atoms with Crippen molar-refractivity contribution in [1.29, 1.82) is 0 Å². The fourth-order valence-corrected chi connectivity index (χ4v) is 4.14. The van der Waals surface area contributed by atoms with Crippen LogP contribution in [0.1, 0.15) is 48.1 Å². The maximum absolute atomic E-state index is 13.2. The van der Waals surface area contributed by atoms with Crippen molar-refractivity contribution in [2.45, 2.75) is 43.8 Å². The predicted octanol–water partition coefficient (Wildman–Crippen LogP) is 5.44. The summed E-state index contributed by atoms with van der Waals surface area (Å²) in [5, 5.41) is 5.96. The molecule has 0 aliphatic carbocycles. The number of halogens is 6. The number of amides is 1. The van der Waals surface area contributed by atoms with Gasteiger partial charge in [0.1, 0.15) is 0 Å². The number of alkyl halides is 6. The molecule has 3 rings (SSSR count). The van der Waals surface area contributed by atoms with Crippen molar-refractivity contribution in [3.05, 3.63) is 70.8 Å². The van der Waals surface area contributed by atoms with E-state index < -0.39 is 35.1 Å². The van der Waals surface area contributed by atoms with Crippen LogP contribution in [0.25, 0.3) is 0 Å². The highest BCUT2D eigenvalue weighted by atomic mass is 19.4. The van der Waals surface area contributed by atoms with Gasteiger partial charge in [0, 0.05) is 13.6 Å². The van der Waals surface area contributed by atoms with E-state index in [1.165, 1.54) is 6.92 Å². The number of benzene rings is 2. The SMILES string of the molecule is CNC(=O)[C@H]1CC[C@@](CO[C@H](C)c2cc(C(F)(F)F)cc(C(F)(F)F)c2)(c2ccccc2)NC1. The molecule has 1 fully saturated rings. The Bertz CT molecular complexity index is 951. The van der Waals surface area contributed by atoms with Crippen molar-refractivity contribution in [1.82, 2.24) is 10.6 Å². The molecule has 2 aromatic rings. The Balaban J connectivity index is 1.86. The van der Waals surface area contributed by atoms with Crippen LogP contribution in [-0.2, 0) is 27.4 Å². The van der Waals surface area contributed by atoms with Crippen molar-refractivity contribution >= 4 is 5.91 Å². The van der Waals surface area contributed by atoms with E-state index in [4.69, 9.17) is 4.74 Å². The molecule has 0 radical (unpaired) electrons. The summed E-state index contributed by atoms with van der Waals surface area (Å²) in [6.07, 6.45) is -9.86. The number of carbonyl (C=O) groups excluding carboxylic acids is 1. The molecule has 3 atom stereocenters. The second-order valence-electron chi connectivity index (χ2n) is 8.47. The Morgan fingerprint density at radius 2 is 1.68 bits per heavy atom. The highest BCUT2D eigenvalue weighted by molar-refractivity contribution is 5.78. The summed E-state index contributed by atoms with van der Waals surface area (Å²) >= 11 is 0. The number of ether oxygens (including phenoxy) is 1. The van der Waals surface area contributed by atoms with Gasteiger partial charge in [-0.05, 0) is 49.1 Å². The van der Waals surface area contributed by atoms with Gasteiger partial charge >= 0.3 is 12.4 Å². The molecular formula is C24H26F6N2O2. The van der Waals surface area contributed by atoms with E-state index in [-0.39, 0.29) is 30.1 Å². The number of nitrogens with one attached hydrogen (secondary N) is 2. The van der Waals surface area contributed by atoms with E-state index in [1.807, 2.05) is 30.3 Å². The normalized spacial score (nSPS) is 22.3. The average Bonchev–Trinajstić information content (AvgIpc) is 2.81. The molecule has 10 heteroatoms. The summed E-state index contributed by atoms with van der Waals surface area (Å²) in [5.41, 5.74) is -2.86. The lowest BCUT2D eigenvalue weighted by Gasteiger charge is -2.41. The first-order valence-electron chi connectivity index (χ1n) is 10.8. The van der Waals surface area contributed by atoms with E-state index in [1.54, 1.807) is 7.05 Å². The fourth-order valence-electron chi connectivity index (χ4n) is 4.14. The first kappa shape index (κ1) is 26.0. The molecule has 2 N–H and O–H groups in total. The minimum absolute atomic E-state index is 0.00373. The highest BCUT2D eigenvalue weighted by Crippen LogP contribution is 2.39. The first-order valence-corrected chi connectivity index (χ1v) is 10.8. The number of piperidine rings is 1. The molecule has 186 valence electrons. The van der Waals surface area contributed by atoms with Crippen molar-refractivity contribution in [3.8, 4) is 0 Å². The minimum Gasteiger partial charge on any atom is -0.372 e. The molecular weight excluding hydrogens is 462 g/mol. The zero-order valence-corrected chi connectivity index (χ0v) is 18.7. The van der Waals surface area contributed by atoms with Gasteiger partial charge in [-0.1, -0.05) is 30.3 Å². The van der Waals surface area contributed by atoms with E-state index in [0.717, 1.165) is 5.56 Å². The van der Waals surface area contributed by atoms with Gasteiger partial charge in [0.15, 0.2) is 0 Å². The molecule has 1 aliphatic heterocycles. The lowest BCUT2D eigenvalue weighted by molar-refractivity contribution is -0.143. The van der Waals surface area contributed by atoms with E-state index in [2.05, 4.69) is 10.6 Å². The standard InChI is InChI=1S/C24H26F6N2O2/c1-15(17-10-19(23(25,26)27)12-20(11-17)24(28,29)30)34-14-22(18-6-4-3-5-7-18)9-8-16(13-32-22)21(33)31-2/h3-7,10-12,15-16,32H,8-9,13-14H2,1-2H3,(H,31,33)/t15-,16+,22-/m1/s1. The van der Waals surface area contributed by atoms with Crippen LogP contribution in [0, 0.1) is 5.92 Å². The fraction of sp³-hybridized carbons (Fsp3) is 0.458. The van der Waals surface area contributed by atoms with Gasteiger partial charge in [0.25, 0.3) is 0 Å². The molecule has 1 aliphatic rings. The summed E-state index contributed by atoms with van der Waals surface area (Å²) in [6, 6.07) is 10.7. The molecule has 1 saturated heterocycles. The van der Waals surface area contributed by atoms with Crippen molar-refractivity contribution < 1.29 is 35.9 Å². The number of rotatable bonds is 6. The van der Waals surface area contributed by atoms with Crippen LogP contribution in [0.3, 0.4) is 0 Å². The summed E-state index contributed by atoms with van der Waals surface area (Å²) < 4.78 is 85.3. The smallest absolute Gasteiger partial charge is 0.372 e. The zero-order valence-electron chi connectivity index (χ0n) is 18.7. The lowest BCUT2D eigenvalue weighted by Crippen LogP contribution is -2.54. The van der Waals surface area contributed by atoms with Crippen LogP contribution in [-0.4, -0.2) is 26.1 Å². The summed E-state index contributed by atoms with van der Waals surface area (Å²) in [6.45, 7) is 1.77. The Kier molecular flexibility index (Phi) is 7.62. The molecule has 1 heterocycles. The molecule has 0 spiro atoms. The molecule has 34 heavy (non-hydrogen) atoms. The third-order valence-corrected chi connectivity index (χ3v) is 6.21. The quantitative estimate of drug-likeness (QED) is 0.533. The molecule has 0 aromatic heterocycles. The van der Waals surface area contributed by atoms with Gasteiger partial charge in [-0.2, -0.15) is 26.3 Å². The van der Waals surface area contributed by atoms with Crippen LogP contribution in [0.15, 0.2) is 48.5 Å². The van der Waals surface area contributed by atoms with Crippen molar-refractivity contribution in [2.24, 2.45) is 5.92 Å². The van der Waals surface area contributed by atoms with E-state index in [9.17, 15) is 31.1 Å². The predicted molar refractivity (Wildman–Crippen MR) is 114 cm³/mol. The second-order valence-corrected chi connectivity index (χ2v) is 8.47. The summed E-state index contributed by atoms with van der Waals surface area (Å²) in [7, 11) is 1.55. The Hall–Kier alpha value is -2.59. The maximum Gasteiger partial charge on any atom is 0.416 e. The number of carbonyl (C=O) groups is 1. The van der Waals surface area contributed by atoms with Crippen LogP contribution < -0.4 is 10.6 Å². The summed E-state index contributed by atoms with van der Waals surface area (Å²) in [5.74, 6) is -0.357. The molecule has 0 bridgehead atoms. The third kappa shape index (κ3) is 5.90. The first-order chi connectivity index (χ1) is 15.9. The van der Waals surface area contributed by atoms with E-state index >= 15 is 0 Å². The molecule has 1 amide bonds. The highest BCUT2D eigenvalue weighted by Gasteiger charge is 2.40. The van der Waals surface area contributed by atoms with Crippen LogP contribution in [0.5, 0.6) is 0 Å². The van der Waals surface area contributed by atoms with Crippen molar-refractivity contribution in [2.75, 3.05) is 20.2 Å². The minimum atomic E-state index is -4.93. The Labute approximate surface area is 193 Å². The third-order valence-electron chi connectivity index (χ3n) is 6.21. The molecule has 0 saturated carbocycles. The second kappa shape index (κ2) is 9.95. The summed E-state index contributed by atoms with van der Waals surface area (Å²) in [4.78, 5) is 12.0. The Morgan fingerprint density at radius 3 is 2.15 bits per heavy atom. The monoisotopic (exact) mass is 488 g/mol. The van der Waals surface area contributed by atoms with Gasteiger partial charge in [0.2, 0.25) is 5.91 Å². The van der Waals surface area contributed by atoms with Gasteiger partial charge in [-0.15, -0.1) is 0 Å². The van der Waals surface area contributed by atoms with Crippen LogP contribution in [0.4, 0.5) is 26.3 Å². The molecule has 4 nitrogen and oxygen atoms in total. The zero-order chi connectivity index (χ0) is 25.1. The van der Waals surface area contributed by atoms with Crippen LogP contribution in [0.2, 0.25) is 0 Å². The molecule has 0 unspecified atom stereocenters. The number of hydrogen-bond donors (Lipinski definition) is 2. The topological polar surface area (TPSA) is 50.4 Å². The molecule has 2 aromatic carbocycles. The van der Waals surface area contributed by atoms with Crippen LogP contribution >= 0.6 is 0 Å². The maximum atomic E-state index is 13.2. The average molecular weight is 488 g/mol. The number of hydrogen-bond acceptors (Lipinski definition) is 3. The van der Waals surface area contributed by atoms with Gasteiger partial charge < -0.3 is 15.4 Å². The van der Waals surface area contributed by atoms with Gasteiger partial charge in [-0.3, -0.25) is 4.79 Å². The van der Waals surface area contributed by atoms with Crippen molar-refractivity contribution in [3.63, 3.8) is 0 Å². The van der Waals surface area contributed by atoms with Gasteiger partial charge in [0.05, 0.1) is 35.3 Å². The lowest BCUT2D eigenvalue weighted by atomic mass is 9.79. The van der Waals surface area contributed by atoms with E-state index in [0.29, 0.717) is 31.5 Å².